The van der Waals surface area contributed by atoms with Gasteiger partial charge in [-0.2, -0.15) is 0 Å². The maximum Gasteiger partial charge on any atom is 0.289 e. The maximum absolute atomic E-state index is 12.2. The van der Waals surface area contributed by atoms with Crippen LogP contribution in [0.25, 0.3) is 0 Å². The first-order chi connectivity index (χ1) is 10.3. The Morgan fingerprint density at radius 2 is 2.05 bits per heavy atom. The highest BCUT2D eigenvalue weighted by Crippen LogP contribution is 2.18. The predicted molar refractivity (Wildman–Crippen MR) is 77.6 cm³/mol. The van der Waals surface area contributed by atoms with Gasteiger partial charge in [0.15, 0.2) is 5.76 Å². The fraction of sp³-hybridized carbons (Fsp3) is 0.333. The average molecular weight is 287 g/mol. The zero-order chi connectivity index (χ0) is 14.7. The Morgan fingerprint density at radius 3 is 2.62 bits per heavy atom. The largest absolute Gasteiger partial charge is 0.495 e. The van der Waals surface area contributed by atoms with Crippen molar-refractivity contribution in [1.82, 2.24) is 9.88 Å². The number of ether oxygens (including phenoxy) is 1. The van der Waals surface area contributed by atoms with Crippen LogP contribution in [0, 0.1) is 0 Å². The minimum absolute atomic E-state index is 0.0534. The van der Waals surface area contributed by atoms with E-state index in [9.17, 15) is 4.79 Å². The van der Waals surface area contributed by atoms with Crippen LogP contribution in [-0.2, 0) is 0 Å². The van der Waals surface area contributed by atoms with Crippen molar-refractivity contribution in [2.45, 2.75) is 0 Å². The van der Waals surface area contributed by atoms with E-state index in [1.165, 1.54) is 6.26 Å². The molecule has 0 aliphatic carbocycles. The molecule has 0 bridgehead atoms. The molecule has 0 unspecified atom stereocenters. The van der Waals surface area contributed by atoms with Gasteiger partial charge in [-0.3, -0.25) is 4.79 Å². The van der Waals surface area contributed by atoms with Crippen molar-refractivity contribution in [3.8, 4) is 5.75 Å². The standard InChI is InChI=1S/C15H17N3O3/c1-20-12-4-5-14(16-11-12)17-6-8-18(9-7-17)15(19)13-3-2-10-21-13/h2-5,10-11H,6-9H2,1H3. The molecule has 1 fully saturated rings. The van der Waals surface area contributed by atoms with E-state index in [2.05, 4.69) is 9.88 Å². The number of carbonyl (C=O) groups is 1. The van der Waals surface area contributed by atoms with E-state index < -0.39 is 0 Å². The lowest BCUT2D eigenvalue weighted by Crippen LogP contribution is -2.49. The number of anilines is 1. The Morgan fingerprint density at radius 1 is 1.24 bits per heavy atom. The summed E-state index contributed by atoms with van der Waals surface area (Å²) in [4.78, 5) is 20.5. The Labute approximate surface area is 122 Å². The molecule has 2 aromatic rings. The van der Waals surface area contributed by atoms with E-state index in [1.807, 2.05) is 12.1 Å². The number of pyridine rings is 1. The summed E-state index contributed by atoms with van der Waals surface area (Å²) in [5.41, 5.74) is 0. The number of amides is 1. The molecule has 0 saturated carbocycles. The van der Waals surface area contributed by atoms with Crippen molar-refractivity contribution in [3.05, 3.63) is 42.5 Å². The van der Waals surface area contributed by atoms with Gasteiger partial charge in [-0.1, -0.05) is 0 Å². The SMILES string of the molecule is COc1ccc(N2CCN(C(=O)c3ccco3)CC2)nc1. The van der Waals surface area contributed by atoms with Gasteiger partial charge in [-0.15, -0.1) is 0 Å². The molecule has 6 nitrogen and oxygen atoms in total. The average Bonchev–Trinajstić information content (AvgIpc) is 3.09. The Balaban J connectivity index is 1.60. The van der Waals surface area contributed by atoms with Gasteiger partial charge in [0, 0.05) is 26.2 Å². The molecule has 0 radical (unpaired) electrons. The fourth-order valence-electron chi connectivity index (χ4n) is 2.38. The Kier molecular flexibility index (Phi) is 3.77. The van der Waals surface area contributed by atoms with E-state index >= 15 is 0 Å². The zero-order valence-corrected chi connectivity index (χ0v) is 11.9. The number of piperazine rings is 1. The maximum atomic E-state index is 12.2. The number of rotatable bonds is 3. The van der Waals surface area contributed by atoms with Crippen LogP contribution in [0.3, 0.4) is 0 Å². The summed E-state index contributed by atoms with van der Waals surface area (Å²) in [6, 6.07) is 7.25. The second kappa shape index (κ2) is 5.87. The molecule has 3 rings (SSSR count). The quantitative estimate of drug-likeness (QED) is 0.859. The van der Waals surface area contributed by atoms with Gasteiger partial charge < -0.3 is 19.0 Å². The first kappa shape index (κ1) is 13.5. The number of hydrogen-bond donors (Lipinski definition) is 0. The zero-order valence-electron chi connectivity index (χ0n) is 11.9. The van der Waals surface area contributed by atoms with Crippen molar-refractivity contribution in [3.63, 3.8) is 0 Å². The van der Waals surface area contributed by atoms with Crippen molar-refractivity contribution in [1.29, 1.82) is 0 Å². The second-order valence-corrected chi connectivity index (χ2v) is 4.81. The van der Waals surface area contributed by atoms with Gasteiger partial charge in [0.05, 0.1) is 19.6 Å². The minimum atomic E-state index is -0.0534. The highest BCUT2D eigenvalue weighted by Gasteiger charge is 2.24. The number of carbonyl (C=O) groups excluding carboxylic acids is 1. The minimum Gasteiger partial charge on any atom is -0.495 e. The third-order valence-electron chi connectivity index (χ3n) is 3.58. The van der Waals surface area contributed by atoms with Crippen molar-refractivity contribution >= 4 is 11.7 Å². The van der Waals surface area contributed by atoms with Crippen LogP contribution < -0.4 is 9.64 Å². The van der Waals surface area contributed by atoms with Crippen LogP contribution in [-0.4, -0.2) is 49.1 Å². The molecule has 0 atom stereocenters. The smallest absolute Gasteiger partial charge is 0.289 e. The molecule has 6 heteroatoms. The topological polar surface area (TPSA) is 58.8 Å². The first-order valence-electron chi connectivity index (χ1n) is 6.85. The molecule has 0 aromatic carbocycles. The van der Waals surface area contributed by atoms with Gasteiger partial charge in [-0.05, 0) is 24.3 Å². The molecule has 1 aliphatic heterocycles. The van der Waals surface area contributed by atoms with Crippen LogP contribution in [0.4, 0.5) is 5.82 Å². The third kappa shape index (κ3) is 2.84. The van der Waals surface area contributed by atoms with Gasteiger partial charge in [-0.25, -0.2) is 4.98 Å². The van der Waals surface area contributed by atoms with Crippen molar-refractivity contribution < 1.29 is 13.9 Å². The lowest BCUT2D eigenvalue weighted by atomic mass is 10.2. The summed E-state index contributed by atoms with van der Waals surface area (Å²) in [5.74, 6) is 1.99. The molecule has 1 amide bonds. The monoisotopic (exact) mass is 287 g/mol. The molecular formula is C15H17N3O3. The van der Waals surface area contributed by atoms with Gasteiger partial charge in [0.25, 0.3) is 5.91 Å². The van der Waals surface area contributed by atoms with E-state index in [0.29, 0.717) is 18.8 Å². The van der Waals surface area contributed by atoms with Gasteiger partial charge >= 0.3 is 0 Å². The normalized spacial score (nSPS) is 15.1. The summed E-state index contributed by atoms with van der Waals surface area (Å²) in [6.07, 6.45) is 3.22. The number of nitrogens with zero attached hydrogens (tertiary/aromatic N) is 3. The molecule has 0 spiro atoms. The summed E-state index contributed by atoms with van der Waals surface area (Å²) in [6.45, 7) is 2.83. The van der Waals surface area contributed by atoms with Crippen LogP contribution in [0.1, 0.15) is 10.6 Å². The highest BCUT2D eigenvalue weighted by molar-refractivity contribution is 5.91. The predicted octanol–water partition coefficient (Wildman–Crippen LogP) is 1.65. The molecular weight excluding hydrogens is 270 g/mol. The number of methoxy groups -OCH3 is 1. The molecule has 1 saturated heterocycles. The second-order valence-electron chi connectivity index (χ2n) is 4.81. The van der Waals surface area contributed by atoms with Crippen molar-refractivity contribution in [2.24, 2.45) is 0 Å². The summed E-state index contributed by atoms with van der Waals surface area (Å²) >= 11 is 0. The third-order valence-corrected chi connectivity index (χ3v) is 3.58. The lowest BCUT2D eigenvalue weighted by Gasteiger charge is -2.35. The first-order valence-corrected chi connectivity index (χ1v) is 6.85. The lowest BCUT2D eigenvalue weighted by molar-refractivity contribution is 0.0714. The number of furan rings is 1. The molecule has 0 N–H and O–H groups in total. The van der Waals surface area contributed by atoms with Crippen LogP contribution in [0.15, 0.2) is 41.1 Å². The molecule has 21 heavy (non-hydrogen) atoms. The van der Waals surface area contributed by atoms with Gasteiger partial charge in [0.1, 0.15) is 11.6 Å². The summed E-state index contributed by atoms with van der Waals surface area (Å²) < 4.78 is 10.3. The summed E-state index contributed by atoms with van der Waals surface area (Å²) in [7, 11) is 1.62. The van der Waals surface area contributed by atoms with E-state index in [4.69, 9.17) is 9.15 Å². The van der Waals surface area contributed by atoms with E-state index in [-0.39, 0.29) is 5.91 Å². The molecule has 110 valence electrons. The van der Waals surface area contributed by atoms with E-state index in [1.54, 1.807) is 30.3 Å². The number of aromatic nitrogens is 1. The molecule has 3 heterocycles. The molecule has 2 aromatic heterocycles. The van der Waals surface area contributed by atoms with E-state index in [0.717, 1.165) is 24.7 Å². The van der Waals surface area contributed by atoms with Crippen molar-refractivity contribution in [2.75, 3.05) is 38.2 Å². The summed E-state index contributed by atoms with van der Waals surface area (Å²) in [5, 5.41) is 0. The highest BCUT2D eigenvalue weighted by atomic mass is 16.5. The Hall–Kier alpha value is -2.50. The fourth-order valence-corrected chi connectivity index (χ4v) is 2.38. The number of hydrogen-bond acceptors (Lipinski definition) is 5. The van der Waals surface area contributed by atoms with Crippen LogP contribution in [0.2, 0.25) is 0 Å². The van der Waals surface area contributed by atoms with Crippen LogP contribution >= 0.6 is 0 Å². The van der Waals surface area contributed by atoms with Crippen LogP contribution in [0.5, 0.6) is 5.75 Å². The Bertz CT molecular complexity index is 587. The van der Waals surface area contributed by atoms with Gasteiger partial charge in [0.2, 0.25) is 0 Å². The molecule has 1 aliphatic rings.